The Morgan fingerprint density at radius 2 is 2.28 bits per heavy atom. The normalized spacial score (nSPS) is 11.8. The zero-order valence-electron chi connectivity index (χ0n) is 10.2. The average Bonchev–Trinajstić information content (AvgIpc) is 2.28. The van der Waals surface area contributed by atoms with Crippen LogP contribution in [0.1, 0.15) is 36.5 Å². The molecule has 0 saturated carbocycles. The van der Waals surface area contributed by atoms with Gasteiger partial charge in [-0.15, -0.1) is 0 Å². The minimum Gasteiger partial charge on any atom is -0.481 e. The first-order valence-corrected chi connectivity index (χ1v) is 5.77. The van der Waals surface area contributed by atoms with E-state index in [9.17, 15) is 9.59 Å². The van der Waals surface area contributed by atoms with Crippen LogP contribution in [0.5, 0.6) is 0 Å². The van der Waals surface area contributed by atoms with E-state index in [1.807, 2.05) is 6.92 Å². The van der Waals surface area contributed by atoms with Crippen LogP contribution in [0.3, 0.4) is 0 Å². The van der Waals surface area contributed by atoms with Gasteiger partial charge in [0.15, 0.2) is 0 Å². The number of rotatable bonds is 7. The summed E-state index contributed by atoms with van der Waals surface area (Å²) in [6, 6.07) is 2.83. The zero-order valence-corrected chi connectivity index (χ0v) is 10.2. The number of anilines is 1. The summed E-state index contributed by atoms with van der Waals surface area (Å²) >= 11 is 0. The summed E-state index contributed by atoms with van der Waals surface area (Å²) in [5.41, 5.74) is 5.51. The first kappa shape index (κ1) is 14.0. The Morgan fingerprint density at radius 3 is 2.83 bits per heavy atom. The molecular weight excluding hydrogens is 234 g/mol. The fraction of sp³-hybridized carbons (Fsp3) is 0.417. The second-order valence-electron chi connectivity index (χ2n) is 4.02. The molecule has 0 aliphatic heterocycles. The van der Waals surface area contributed by atoms with Crippen LogP contribution in [0, 0.1) is 0 Å². The van der Waals surface area contributed by atoms with E-state index in [0.717, 1.165) is 12.8 Å². The van der Waals surface area contributed by atoms with Crippen LogP contribution in [0.25, 0.3) is 0 Å². The maximum atomic E-state index is 11.0. The lowest BCUT2D eigenvalue weighted by atomic mass is 10.1. The Balaban J connectivity index is 2.76. The summed E-state index contributed by atoms with van der Waals surface area (Å²) < 4.78 is 0. The molecule has 6 heteroatoms. The van der Waals surface area contributed by atoms with Crippen molar-refractivity contribution in [1.29, 1.82) is 0 Å². The molecule has 1 unspecified atom stereocenters. The lowest BCUT2D eigenvalue weighted by molar-refractivity contribution is -0.137. The summed E-state index contributed by atoms with van der Waals surface area (Å²) in [5.74, 6) is -0.941. The van der Waals surface area contributed by atoms with Gasteiger partial charge < -0.3 is 16.2 Å². The van der Waals surface area contributed by atoms with Gasteiger partial charge in [0.2, 0.25) is 5.91 Å². The molecule has 1 rings (SSSR count). The van der Waals surface area contributed by atoms with E-state index in [4.69, 9.17) is 10.8 Å². The summed E-state index contributed by atoms with van der Waals surface area (Å²) in [5, 5.41) is 11.8. The number of carbonyl (C=O) groups is 2. The predicted octanol–water partition coefficient (Wildman–Crippen LogP) is 1.24. The second kappa shape index (κ2) is 6.58. The van der Waals surface area contributed by atoms with Crippen molar-refractivity contribution in [3.63, 3.8) is 0 Å². The molecule has 0 radical (unpaired) electrons. The fourth-order valence-electron chi connectivity index (χ4n) is 1.66. The number of carboxylic acids is 1. The molecule has 1 amide bonds. The van der Waals surface area contributed by atoms with Crippen molar-refractivity contribution in [2.75, 3.05) is 5.32 Å². The lowest BCUT2D eigenvalue weighted by Crippen LogP contribution is -2.24. The van der Waals surface area contributed by atoms with E-state index < -0.39 is 11.9 Å². The highest BCUT2D eigenvalue weighted by molar-refractivity contribution is 5.93. The number of primary amides is 1. The molecule has 0 spiro atoms. The molecule has 0 aliphatic carbocycles. The number of hydrogen-bond acceptors (Lipinski definition) is 4. The van der Waals surface area contributed by atoms with Crippen molar-refractivity contribution in [1.82, 2.24) is 4.98 Å². The molecule has 1 aromatic rings. The molecule has 4 N–H and O–H groups in total. The number of nitrogens with zero attached hydrogens (tertiary/aromatic N) is 1. The van der Waals surface area contributed by atoms with Gasteiger partial charge in [-0.05, 0) is 18.6 Å². The number of amides is 1. The van der Waals surface area contributed by atoms with Crippen molar-refractivity contribution >= 4 is 17.7 Å². The molecule has 0 saturated heterocycles. The SMILES string of the molecule is CCCC(CC(=O)O)Nc1cc(C(N)=O)ccn1. The highest BCUT2D eigenvalue weighted by atomic mass is 16.4. The van der Waals surface area contributed by atoms with Crippen LogP contribution in [-0.4, -0.2) is 28.0 Å². The van der Waals surface area contributed by atoms with Gasteiger partial charge in [0.05, 0.1) is 6.42 Å². The monoisotopic (exact) mass is 251 g/mol. The van der Waals surface area contributed by atoms with Crippen molar-refractivity contribution in [3.8, 4) is 0 Å². The Bertz CT molecular complexity index is 434. The van der Waals surface area contributed by atoms with E-state index in [-0.39, 0.29) is 12.5 Å². The van der Waals surface area contributed by atoms with E-state index in [2.05, 4.69) is 10.3 Å². The van der Waals surface area contributed by atoms with Crippen molar-refractivity contribution in [3.05, 3.63) is 23.9 Å². The molecule has 98 valence electrons. The summed E-state index contributed by atoms with van der Waals surface area (Å²) in [6.45, 7) is 1.98. The molecule has 0 aromatic carbocycles. The van der Waals surface area contributed by atoms with Gasteiger partial charge >= 0.3 is 5.97 Å². The molecule has 0 bridgehead atoms. The minimum absolute atomic E-state index is 0.0102. The van der Waals surface area contributed by atoms with Crippen LogP contribution in [0.4, 0.5) is 5.82 Å². The maximum Gasteiger partial charge on any atom is 0.305 e. The van der Waals surface area contributed by atoms with Crippen LogP contribution in [0.2, 0.25) is 0 Å². The summed E-state index contributed by atoms with van der Waals surface area (Å²) in [6.07, 6.45) is 3.05. The molecule has 18 heavy (non-hydrogen) atoms. The third kappa shape index (κ3) is 4.40. The Kier molecular flexibility index (Phi) is 5.10. The number of nitrogens with one attached hydrogen (secondary N) is 1. The third-order valence-electron chi connectivity index (χ3n) is 2.45. The third-order valence-corrected chi connectivity index (χ3v) is 2.45. The lowest BCUT2D eigenvalue weighted by Gasteiger charge is -2.16. The van der Waals surface area contributed by atoms with Crippen LogP contribution in [0.15, 0.2) is 18.3 Å². The number of pyridine rings is 1. The Hall–Kier alpha value is -2.11. The first-order chi connectivity index (χ1) is 8.52. The number of nitrogens with two attached hydrogens (primary N) is 1. The van der Waals surface area contributed by atoms with Crippen molar-refractivity contribution in [2.24, 2.45) is 5.73 Å². The molecule has 0 fully saturated rings. The Labute approximate surface area is 105 Å². The molecule has 1 heterocycles. The van der Waals surface area contributed by atoms with Gasteiger partial charge in [-0.3, -0.25) is 9.59 Å². The van der Waals surface area contributed by atoms with Gasteiger partial charge in [0, 0.05) is 17.8 Å². The van der Waals surface area contributed by atoms with Gasteiger partial charge in [-0.25, -0.2) is 4.98 Å². The predicted molar refractivity (Wildman–Crippen MR) is 67.3 cm³/mol. The van der Waals surface area contributed by atoms with E-state index >= 15 is 0 Å². The van der Waals surface area contributed by atoms with Crippen LogP contribution < -0.4 is 11.1 Å². The molecule has 1 atom stereocenters. The summed E-state index contributed by atoms with van der Waals surface area (Å²) in [4.78, 5) is 25.8. The fourth-order valence-corrected chi connectivity index (χ4v) is 1.66. The van der Waals surface area contributed by atoms with Crippen LogP contribution >= 0.6 is 0 Å². The number of carboxylic acid groups (broad SMARTS) is 1. The van der Waals surface area contributed by atoms with Crippen molar-refractivity contribution < 1.29 is 14.7 Å². The van der Waals surface area contributed by atoms with Gasteiger partial charge in [-0.2, -0.15) is 0 Å². The van der Waals surface area contributed by atoms with Crippen LogP contribution in [-0.2, 0) is 4.79 Å². The number of aliphatic carboxylic acids is 1. The molecular formula is C12H17N3O3. The van der Waals surface area contributed by atoms with E-state index in [0.29, 0.717) is 11.4 Å². The average molecular weight is 251 g/mol. The number of carbonyl (C=O) groups excluding carboxylic acids is 1. The van der Waals surface area contributed by atoms with E-state index in [1.54, 1.807) is 0 Å². The summed E-state index contributed by atoms with van der Waals surface area (Å²) in [7, 11) is 0. The van der Waals surface area contributed by atoms with Crippen molar-refractivity contribution in [2.45, 2.75) is 32.2 Å². The second-order valence-corrected chi connectivity index (χ2v) is 4.02. The van der Waals surface area contributed by atoms with Gasteiger partial charge in [-0.1, -0.05) is 13.3 Å². The minimum atomic E-state index is -0.869. The molecule has 1 aromatic heterocycles. The topological polar surface area (TPSA) is 105 Å². The standard InChI is InChI=1S/C12H17N3O3/c1-2-3-9(7-11(16)17)15-10-6-8(12(13)18)4-5-14-10/h4-6,9H,2-3,7H2,1H3,(H2,13,18)(H,14,15)(H,16,17). The van der Waals surface area contributed by atoms with E-state index in [1.165, 1.54) is 18.3 Å². The Morgan fingerprint density at radius 1 is 1.56 bits per heavy atom. The smallest absolute Gasteiger partial charge is 0.305 e. The van der Waals surface area contributed by atoms with Gasteiger partial charge in [0.1, 0.15) is 5.82 Å². The highest BCUT2D eigenvalue weighted by Gasteiger charge is 2.13. The van der Waals surface area contributed by atoms with Gasteiger partial charge in [0.25, 0.3) is 0 Å². The molecule has 6 nitrogen and oxygen atoms in total. The first-order valence-electron chi connectivity index (χ1n) is 5.77. The zero-order chi connectivity index (χ0) is 13.5. The largest absolute Gasteiger partial charge is 0.481 e. The maximum absolute atomic E-state index is 11.0. The number of hydrogen-bond donors (Lipinski definition) is 3. The number of aromatic nitrogens is 1. The highest BCUT2D eigenvalue weighted by Crippen LogP contribution is 2.12. The molecule has 0 aliphatic rings. The quantitative estimate of drug-likeness (QED) is 0.676.